The van der Waals surface area contributed by atoms with E-state index < -0.39 is 0 Å². The lowest BCUT2D eigenvalue weighted by Gasteiger charge is -2.05. The molecule has 0 amide bonds. The molecule has 2 aromatic carbocycles. The summed E-state index contributed by atoms with van der Waals surface area (Å²) in [6, 6.07) is 11.8. The second-order valence-corrected chi connectivity index (χ2v) is 4.94. The summed E-state index contributed by atoms with van der Waals surface area (Å²) in [6.45, 7) is 3.94. The maximum absolute atomic E-state index is 4.65. The summed E-state index contributed by atoms with van der Waals surface area (Å²) in [7, 11) is 0. The first kappa shape index (κ1) is 11.2. The first-order valence-electron chi connectivity index (χ1n) is 6.52. The molecular formula is C16H12N4. The van der Waals surface area contributed by atoms with Crippen molar-refractivity contribution in [3.05, 3.63) is 47.8 Å². The van der Waals surface area contributed by atoms with E-state index in [2.05, 4.69) is 19.9 Å². The van der Waals surface area contributed by atoms with Crippen LogP contribution in [0, 0.1) is 13.8 Å². The van der Waals surface area contributed by atoms with Crippen molar-refractivity contribution in [2.75, 3.05) is 0 Å². The van der Waals surface area contributed by atoms with Gasteiger partial charge in [0, 0.05) is 0 Å². The smallest absolute Gasteiger partial charge is 0.0917 e. The summed E-state index contributed by atoms with van der Waals surface area (Å²) in [4.78, 5) is 18.4. The normalized spacial score (nSPS) is 11.5. The van der Waals surface area contributed by atoms with Crippen molar-refractivity contribution in [2.24, 2.45) is 0 Å². The first-order valence-corrected chi connectivity index (χ1v) is 6.52. The predicted octanol–water partition coefficient (Wildman–Crippen LogP) is 3.34. The van der Waals surface area contributed by atoms with Crippen molar-refractivity contribution >= 4 is 33.1 Å². The van der Waals surface area contributed by atoms with Gasteiger partial charge in [0.05, 0.1) is 44.5 Å². The molecule has 0 spiro atoms. The maximum atomic E-state index is 4.65. The number of aryl methyl sites for hydroxylation is 2. The van der Waals surface area contributed by atoms with Crippen LogP contribution in [0.3, 0.4) is 0 Å². The zero-order valence-corrected chi connectivity index (χ0v) is 11.3. The van der Waals surface area contributed by atoms with Crippen LogP contribution < -0.4 is 0 Å². The van der Waals surface area contributed by atoms with Gasteiger partial charge in [-0.3, -0.25) is 0 Å². The van der Waals surface area contributed by atoms with Crippen LogP contribution in [0.15, 0.2) is 36.4 Å². The number of fused-ring (bicyclic) bond motifs is 3. The van der Waals surface area contributed by atoms with Crippen LogP contribution in [0.4, 0.5) is 0 Å². The number of para-hydroxylation sites is 2. The van der Waals surface area contributed by atoms with Crippen molar-refractivity contribution < 1.29 is 0 Å². The van der Waals surface area contributed by atoms with Crippen LogP contribution in [0.25, 0.3) is 33.1 Å². The number of hydrogen-bond donors (Lipinski definition) is 0. The average molecular weight is 260 g/mol. The van der Waals surface area contributed by atoms with Crippen LogP contribution in [0.2, 0.25) is 0 Å². The highest BCUT2D eigenvalue weighted by molar-refractivity contribution is 5.94. The molecule has 4 heteroatoms. The highest BCUT2D eigenvalue weighted by Gasteiger charge is 2.06. The molecular weight excluding hydrogens is 248 g/mol. The number of benzene rings is 2. The molecule has 2 heterocycles. The number of hydrogen-bond acceptors (Lipinski definition) is 4. The Labute approximate surface area is 115 Å². The Morgan fingerprint density at radius 3 is 1.40 bits per heavy atom. The van der Waals surface area contributed by atoms with E-state index in [0.717, 1.165) is 44.5 Å². The minimum Gasteiger partial charge on any atom is -0.250 e. The minimum absolute atomic E-state index is 0.855. The molecule has 0 fully saturated rings. The Bertz CT molecular complexity index is 896. The Morgan fingerprint density at radius 2 is 0.950 bits per heavy atom. The third-order valence-electron chi connectivity index (χ3n) is 3.54. The number of rotatable bonds is 0. The molecule has 0 unspecified atom stereocenters. The Balaban J connectivity index is 2.15. The minimum atomic E-state index is 0.855. The summed E-state index contributed by atoms with van der Waals surface area (Å²) in [6.07, 6.45) is 0. The Kier molecular flexibility index (Phi) is 2.21. The van der Waals surface area contributed by atoms with Gasteiger partial charge in [-0.15, -0.1) is 0 Å². The largest absolute Gasteiger partial charge is 0.250 e. The van der Waals surface area contributed by atoms with Crippen LogP contribution in [0.1, 0.15) is 11.4 Å². The van der Waals surface area contributed by atoms with Gasteiger partial charge in [0.25, 0.3) is 0 Å². The molecule has 20 heavy (non-hydrogen) atoms. The van der Waals surface area contributed by atoms with Gasteiger partial charge in [0.15, 0.2) is 0 Å². The second kappa shape index (κ2) is 3.93. The van der Waals surface area contributed by atoms with Gasteiger partial charge in [-0.1, -0.05) is 12.1 Å². The Morgan fingerprint density at radius 1 is 0.550 bits per heavy atom. The topological polar surface area (TPSA) is 51.6 Å². The molecule has 4 nitrogen and oxygen atoms in total. The van der Waals surface area contributed by atoms with E-state index in [1.54, 1.807) is 0 Å². The molecule has 0 saturated carbocycles. The number of nitrogens with zero attached hydrogens (tertiary/aromatic N) is 4. The molecule has 0 saturated heterocycles. The van der Waals surface area contributed by atoms with Crippen LogP contribution >= 0.6 is 0 Å². The second-order valence-electron chi connectivity index (χ2n) is 4.94. The van der Waals surface area contributed by atoms with Gasteiger partial charge in [-0.05, 0) is 38.1 Å². The van der Waals surface area contributed by atoms with Crippen molar-refractivity contribution in [3.8, 4) is 0 Å². The molecule has 2 aromatic heterocycles. The number of aromatic nitrogens is 4. The summed E-state index contributed by atoms with van der Waals surface area (Å²) in [5.41, 5.74) is 7.14. The Hall–Kier alpha value is -2.62. The highest BCUT2D eigenvalue weighted by atomic mass is 14.8. The van der Waals surface area contributed by atoms with E-state index >= 15 is 0 Å². The van der Waals surface area contributed by atoms with Gasteiger partial charge >= 0.3 is 0 Å². The van der Waals surface area contributed by atoms with E-state index in [9.17, 15) is 0 Å². The lowest BCUT2D eigenvalue weighted by atomic mass is 10.2. The molecule has 0 atom stereocenters. The van der Waals surface area contributed by atoms with Crippen LogP contribution in [-0.2, 0) is 0 Å². The predicted molar refractivity (Wildman–Crippen MR) is 79.6 cm³/mol. The fraction of sp³-hybridized carbons (Fsp3) is 0.125. The summed E-state index contributed by atoms with van der Waals surface area (Å²) in [5, 5.41) is 0. The molecule has 0 N–H and O–H groups in total. The zero-order chi connectivity index (χ0) is 13.7. The van der Waals surface area contributed by atoms with Gasteiger partial charge in [0.1, 0.15) is 0 Å². The molecule has 0 bridgehead atoms. The molecule has 0 radical (unpaired) electrons. The third kappa shape index (κ3) is 1.61. The summed E-state index contributed by atoms with van der Waals surface area (Å²) < 4.78 is 0. The van der Waals surface area contributed by atoms with Crippen LogP contribution in [-0.4, -0.2) is 19.9 Å². The lowest BCUT2D eigenvalue weighted by molar-refractivity contribution is 1.10. The SMILES string of the molecule is Cc1nc2cc3nc4ccccc4nc3cc2nc1C. The fourth-order valence-electron chi connectivity index (χ4n) is 2.35. The summed E-state index contributed by atoms with van der Waals surface area (Å²) in [5.74, 6) is 0. The van der Waals surface area contributed by atoms with Crippen molar-refractivity contribution in [3.63, 3.8) is 0 Å². The standard InChI is InChI=1S/C16H12N4/c1-9-10(2)18-14-8-16-15(7-13(14)17-9)19-11-5-3-4-6-12(11)20-16/h3-8H,1-2H3. The van der Waals surface area contributed by atoms with Gasteiger partial charge in [-0.25, -0.2) is 19.9 Å². The molecule has 96 valence electrons. The van der Waals surface area contributed by atoms with Crippen molar-refractivity contribution in [1.29, 1.82) is 0 Å². The molecule has 4 rings (SSSR count). The van der Waals surface area contributed by atoms with Gasteiger partial charge < -0.3 is 0 Å². The van der Waals surface area contributed by atoms with E-state index in [1.165, 1.54) is 0 Å². The van der Waals surface area contributed by atoms with E-state index in [0.29, 0.717) is 0 Å². The van der Waals surface area contributed by atoms with Crippen molar-refractivity contribution in [1.82, 2.24) is 19.9 Å². The summed E-state index contributed by atoms with van der Waals surface area (Å²) >= 11 is 0. The highest BCUT2D eigenvalue weighted by Crippen LogP contribution is 2.21. The third-order valence-corrected chi connectivity index (χ3v) is 3.54. The zero-order valence-electron chi connectivity index (χ0n) is 11.3. The maximum Gasteiger partial charge on any atom is 0.0917 e. The molecule has 0 aliphatic carbocycles. The average Bonchev–Trinajstić information content (AvgIpc) is 2.44. The van der Waals surface area contributed by atoms with E-state index in [-0.39, 0.29) is 0 Å². The van der Waals surface area contributed by atoms with E-state index in [4.69, 9.17) is 0 Å². The quantitative estimate of drug-likeness (QED) is 0.455. The molecule has 0 aliphatic heterocycles. The van der Waals surface area contributed by atoms with Gasteiger partial charge in [0.2, 0.25) is 0 Å². The first-order chi connectivity index (χ1) is 9.70. The molecule has 4 aromatic rings. The van der Waals surface area contributed by atoms with Crippen LogP contribution in [0.5, 0.6) is 0 Å². The molecule has 0 aliphatic rings. The monoisotopic (exact) mass is 260 g/mol. The van der Waals surface area contributed by atoms with E-state index in [1.807, 2.05) is 50.2 Å². The van der Waals surface area contributed by atoms with Gasteiger partial charge in [-0.2, -0.15) is 0 Å². The van der Waals surface area contributed by atoms with Crippen molar-refractivity contribution in [2.45, 2.75) is 13.8 Å². The fourth-order valence-corrected chi connectivity index (χ4v) is 2.35. The lowest BCUT2D eigenvalue weighted by Crippen LogP contribution is -1.95.